The fourth-order valence-corrected chi connectivity index (χ4v) is 2.40. The van der Waals surface area contributed by atoms with Crippen molar-refractivity contribution < 1.29 is 19.1 Å². The van der Waals surface area contributed by atoms with E-state index in [1.807, 2.05) is 0 Å². The van der Waals surface area contributed by atoms with E-state index >= 15 is 0 Å². The highest BCUT2D eigenvalue weighted by Gasteiger charge is 2.13. The highest BCUT2D eigenvalue weighted by molar-refractivity contribution is 6.30. The number of hydrogen-bond donors (Lipinski definition) is 2. The average Bonchev–Trinajstić information content (AvgIpc) is 3.11. The number of benzene rings is 2. The van der Waals surface area contributed by atoms with Crippen molar-refractivity contribution in [3.8, 4) is 11.3 Å². The molecular weight excluding hydrogens is 356 g/mol. The van der Waals surface area contributed by atoms with Crippen LogP contribution in [0.1, 0.15) is 26.5 Å². The van der Waals surface area contributed by atoms with Crippen LogP contribution in [0.5, 0.6) is 0 Å². The van der Waals surface area contributed by atoms with E-state index in [0.717, 1.165) is 0 Å². The molecule has 0 aliphatic heterocycles. The van der Waals surface area contributed by atoms with Crippen LogP contribution < -0.4 is 5.43 Å². The Morgan fingerprint density at radius 1 is 1.04 bits per heavy atom. The number of carboxylic acids is 1. The van der Waals surface area contributed by atoms with Gasteiger partial charge in [-0.05, 0) is 42.5 Å². The molecule has 130 valence electrons. The quantitative estimate of drug-likeness (QED) is 0.524. The Bertz CT molecular complexity index is 977. The van der Waals surface area contributed by atoms with Gasteiger partial charge in [-0.1, -0.05) is 29.8 Å². The Kier molecular flexibility index (Phi) is 5.15. The maximum atomic E-state index is 11.9. The van der Waals surface area contributed by atoms with Crippen LogP contribution in [-0.4, -0.2) is 23.2 Å². The van der Waals surface area contributed by atoms with Crippen molar-refractivity contribution in [3.05, 3.63) is 82.6 Å². The van der Waals surface area contributed by atoms with E-state index < -0.39 is 5.97 Å². The number of carboxylic acid groups (broad SMARTS) is 1. The van der Waals surface area contributed by atoms with E-state index in [9.17, 15) is 14.7 Å². The lowest BCUT2D eigenvalue weighted by molar-refractivity contribution is 0.0697. The molecule has 0 unspecified atom stereocenters. The summed E-state index contributed by atoms with van der Waals surface area (Å²) < 4.78 is 5.58. The molecule has 3 rings (SSSR count). The van der Waals surface area contributed by atoms with E-state index in [0.29, 0.717) is 27.7 Å². The van der Waals surface area contributed by atoms with Crippen molar-refractivity contribution in [3.63, 3.8) is 0 Å². The lowest BCUT2D eigenvalue weighted by Crippen LogP contribution is -2.17. The van der Waals surface area contributed by atoms with Gasteiger partial charge in [0, 0.05) is 16.1 Å². The first kappa shape index (κ1) is 17.4. The second-order valence-electron chi connectivity index (χ2n) is 5.26. The molecule has 0 saturated heterocycles. The minimum atomic E-state index is -1.04. The summed E-state index contributed by atoms with van der Waals surface area (Å²) in [6.07, 6.45) is 1.33. The first-order valence-electron chi connectivity index (χ1n) is 7.56. The number of nitrogens with one attached hydrogen (secondary N) is 1. The van der Waals surface area contributed by atoms with Crippen LogP contribution in [0.2, 0.25) is 5.02 Å². The molecule has 0 aliphatic carbocycles. The third-order valence-corrected chi connectivity index (χ3v) is 3.77. The zero-order valence-corrected chi connectivity index (χ0v) is 14.1. The first-order chi connectivity index (χ1) is 12.5. The van der Waals surface area contributed by atoms with Crippen molar-refractivity contribution in [1.82, 2.24) is 5.43 Å². The summed E-state index contributed by atoms with van der Waals surface area (Å²) in [5, 5.41) is 13.6. The number of halogens is 1. The van der Waals surface area contributed by atoms with Crippen molar-refractivity contribution in [2.24, 2.45) is 5.10 Å². The highest BCUT2D eigenvalue weighted by atomic mass is 35.5. The molecule has 6 nitrogen and oxygen atoms in total. The number of furan rings is 1. The van der Waals surface area contributed by atoms with Gasteiger partial charge in [-0.3, -0.25) is 4.79 Å². The van der Waals surface area contributed by atoms with Gasteiger partial charge >= 0.3 is 5.97 Å². The Hall–Kier alpha value is -3.38. The van der Waals surface area contributed by atoms with Crippen LogP contribution >= 0.6 is 11.6 Å². The second kappa shape index (κ2) is 7.67. The molecule has 2 aromatic carbocycles. The Morgan fingerprint density at radius 2 is 1.77 bits per heavy atom. The number of carbonyl (C=O) groups excluding carboxylic acids is 1. The Labute approximate surface area is 153 Å². The first-order valence-corrected chi connectivity index (χ1v) is 7.94. The lowest BCUT2D eigenvalue weighted by atomic mass is 10.1. The SMILES string of the molecule is O=C(N/N=C/c1ccc(-c2ccccc2C(=O)O)o1)c1ccc(Cl)cc1. The minimum absolute atomic E-state index is 0.140. The summed E-state index contributed by atoms with van der Waals surface area (Å²) in [6.45, 7) is 0. The standard InChI is InChI=1S/C19H13ClN2O4/c20-13-7-5-12(6-8-13)18(23)22-21-11-14-9-10-17(26-14)15-3-1-2-4-16(15)19(24)25/h1-11H,(H,22,23)(H,24,25)/b21-11+. The molecule has 7 heteroatoms. The summed E-state index contributed by atoms with van der Waals surface area (Å²) in [5.74, 6) is -0.659. The van der Waals surface area contributed by atoms with Gasteiger partial charge < -0.3 is 9.52 Å². The third kappa shape index (κ3) is 3.99. The normalized spacial score (nSPS) is 10.8. The average molecular weight is 369 g/mol. The number of nitrogens with zero attached hydrogens (tertiary/aromatic N) is 1. The largest absolute Gasteiger partial charge is 0.478 e. The molecule has 1 aromatic heterocycles. The summed E-state index contributed by atoms with van der Waals surface area (Å²) in [5.41, 5.74) is 3.40. The molecule has 0 saturated carbocycles. The molecule has 1 amide bonds. The van der Waals surface area contributed by atoms with Gasteiger partial charge in [-0.2, -0.15) is 5.10 Å². The molecular formula is C19H13ClN2O4. The van der Waals surface area contributed by atoms with Gasteiger partial charge in [0.15, 0.2) is 0 Å². The monoisotopic (exact) mass is 368 g/mol. The van der Waals surface area contributed by atoms with Crippen LogP contribution in [0.25, 0.3) is 11.3 Å². The summed E-state index contributed by atoms with van der Waals surface area (Å²) in [4.78, 5) is 23.2. The van der Waals surface area contributed by atoms with Gasteiger partial charge in [-0.15, -0.1) is 0 Å². The van der Waals surface area contributed by atoms with E-state index in [1.54, 1.807) is 54.6 Å². The Morgan fingerprint density at radius 3 is 2.50 bits per heavy atom. The molecule has 0 aliphatic rings. The summed E-state index contributed by atoms with van der Waals surface area (Å²) in [6, 6.07) is 16.2. The van der Waals surface area contributed by atoms with Gasteiger partial charge in [0.25, 0.3) is 5.91 Å². The van der Waals surface area contributed by atoms with E-state index in [-0.39, 0.29) is 11.5 Å². The van der Waals surface area contributed by atoms with Gasteiger partial charge in [0.2, 0.25) is 0 Å². The van der Waals surface area contributed by atoms with E-state index in [1.165, 1.54) is 12.3 Å². The van der Waals surface area contributed by atoms with Crippen molar-refractivity contribution >= 4 is 29.7 Å². The highest BCUT2D eigenvalue weighted by Crippen LogP contribution is 2.25. The molecule has 0 spiro atoms. The maximum Gasteiger partial charge on any atom is 0.336 e. The molecule has 0 atom stereocenters. The van der Waals surface area contributed by atoms with Gasteiger partial charge in [-0.25, -0.2) is 10.2 Å². The predicted molar refractivity (Wildman–Crippen MR) is 97.6 cm³/mol. The number of amides is 1. The summed E-state index contributed by atoms with van der Waals surface area (Å²) >= 11 is 5.77. The molecule has 26 heavy (non-hydrogen) atoms. The zero-order valence-electron chi connectivity index (χ0n) is 13.3. The van der Waals surface area contributed by atoms with Crippen LogP contribution in [-0.2, 0) is 0 Å². The fraction of sp³-hybridized carbons (Fsp3) is 0. The third-order valence-electron chi connectivity index (χ3n) is 3.51. The second-order valence-corrected chi connectivity index (χ2v) is 5.70. The molecule has 2 N–H and O–H groups in total. The van der Waals surface area contributed by atoms with Gasteiger partial charge in [0.05, 0.1) is 11.8 Å². The van der Waals surface area contributed by atoms with E-state index in [2.05, 4.69) is 10.5 Å². The number of hydrazone groups is 1. The molecule has 0 radical (unpaired) electrons. The van der Waals surface area contributed by atoms with E-state index in [4.69, 9.17) is 16.0 Å². The number of carbonyl (C=O) groups is 2. The smallest absolute Gasteiger partial charge is 0.336 e. The van der Waals surface area contributed by atoms with Gasteiger partial charge in [0.1, 0.15) is 11.5 Å². The zero-order chi connectivity index (χ0) is 18.5. The number of rotatable bonds is 5. The summed E-state index contributed by atoms with van der Waals surface area (Å²) in [7, 11) is 0. The van der Waals surface area contributed by atoms with Crippen LogP contribution in [0.4, 0.5) is 0 Å². The van der Waals surface area contributed by atoms with Crippen LogP contribution in [0.3, 0.4) is 0 Å². The minimum Gasteiger partial charge on any atom is -0.478 e. The van der Waals surface area contributed by atoms with Crippen molar-refractivity contribution in [1.29, 1.82) is 0 Å². The van der Waals surface area contributed by atoms with Crippen molar-refractivity contribution in [2.45, 2.75) is 0 Å². The molecule has 3 aromatic rings. The molecule has 0 fully saturated rings. The maximum absolute atomic E-state index is 11.9. The topological polar surface area (TPSA) is 91.9 Å². The molecule has 1 heterocycles. The van der Waals surface area contributed by atoms with Crippen LogP contribution in [0.15, 0.2) is 70.2 Å². The number of aromatic carboxylic acids is 1. The van der Waals surface area contributed by atoms with Crippen LogP contribution in [0, 0.1) is 0 Å². The predicted octanol–water partition coefficient (Wildman–Crippen LogP) is 4.06. The fourth-order valence-electron chi connectivity index (χ4n) is 2.27. The molecule has 0 bridgehead atoms. The lowest BCUT2D eigenvalue weighted by Gasteiger charge is -2.02. The van der Waals surface area contributed by atoms with Crippen molar-refractivity contribution in [2.75, 3.05) is 0 Å². The number of hydrogen-bond acceptors (Lipinski definition) is 4. The Balaban J connectivity index is 1.71.